The first-order valence-electron chi connectivity index (χ1n) is 8.73. The molecule has 1 amide bonds. The van der Waals surface area contributed by atoms with Gasteiger partial charge >= 0.3 is 5.97 Å². The van der Waals surface area contributed by atoms with Crippen molar-refractivity contribution in [3.05, 3.63) is 70.8 Å². The molecule has 4 heteroatoms. The Morgan fingerprint density at radius 2 is 1.72 bits per heavy atom. The summed E-state index contributed by atoms with van der Waals surface area (Å²) >= 11 is 0. The number of amides is 1. The second-order valence-electron chi connectivity index (χ2n) is 6.35. The number of fused-ring (bicyclic) bond motifs is 1. The number of ether oxygens (including phenoxy) is 1. The molecule has 2 aromatic carbocycles. The Hall–Kier alpha value is -2.62. The molecule has 1 N–H and O–H groups in total. The van der Waals surface area contributed by atoms with Gasteiger partial charge in [-0.15, -0.1) is 0 Å². The minimum Gasteiger partial charge on any atom is -0.462 e. The number of carbonyl (C=O) groups is 2. The lowest BCUT2D eigenvalue weighted by Crippen LogP contribution is -2.30. The monoisotopic (exact) mass is 337 g/mol. The zero-order valence-electron chi connectivity index (χ0n) is 14.6. The van der Waals surface area contributed by atoms with Gasteiger partial charge in [-0.25, -0.2) is 4.79 Å². The highest BCUT2D eigenvalue weighted by molar-refractivity contribution is 5.89. The van der Waals surface area contributed by atoms with Gasteiger partial charge in [0.2, 0.25) is 5.91 Å². The number of nitrogens with one attached hydrogen (secondary N) is 1. The molecule has 0 spiro atoms. The molecule has 0 heterocycles. The first kappa shape index (κ1) is 17.2. The van der Waals surface area contributed by atoms with Crippen LogP contribution in [-0.2, 0) is 9.53 Å². The predicted molar refractivity (Wildman–Crippen MR) is 96.5 cm³/mol. The molecule has 0 fully saturated rings. The van der Waals surface area contributed by atoms with Gasteiger partial charge in [0.15, 0.2) is 0 Å². The zero-order valence-corrected chi connectivity index (χ0v) is 14.6. The molecule has 25 heavy (non-hydrogen) atoms. The van der Waals surface area contributed by atoms with Crippen LogP contribution in [0.1, 0.15) is 65.7 Å². The fourth-order valence-electron chi connectivity index (χ4n) is 3.60. The molecule has 130 valence electrons. The summed E-state index contributed by atoms with van der Waals surface area (Å²) in [5.41, 5.74) is 4.19. The maximum absolute atomic E-state index is 11.8. The van der Waals surface area contributed by atoms with Crippen molar-refractivity contribution < 1.29 is 14.3 Å². The average molecular weight is 337 g/mol. The summed E-state index contributed by atoms with van der Waals surface area (Å²) in [5.74, 6) is -0.0155. The largest absolute Gasteiger partial charge is 0.462 e. The molecule has 0 saturated heterocycles. The van der Waals surface area contributed by atoms with E-state index in [4.69, 9.17) is 4.74 Å². The van der Waals surface area contributed by atoms with Crippen LogP contribution < -0.4 is 5.32 Å². The minimum atomic E-state index is -0.288. The van der Waals surface area contributed by atoms with Crippen molar-refractivity contribution in [1.82, 2.24) is 5.32 Å². The number of hydrogen-bond donors (Lipinski definition) is 1. The highest BCUT2D eigenvalue weighted by atomic mass is 16.5. The lowest BCUT2D eigenvalue weighted by Gasteiger charge is -2.32. The predicted octanol–water partition coefficient (Wildman–Crippen LogP) is 3.97. The van der Waals surface area contributed by atoms with E-state index in [0.29, 0.717) is 12.2 Å². The van der Waals surface area contributed by atoms with Gasteiger partial charge in [-0.1, -0.05) is 36.4 Å². The number of rotatable bonds is 4. The number of benzene rings is 2. The normalized spacial score (nSPS) is 19.0. The molecule has 1 aliphatic rings. The van der Waals surface area contributed by atoms with Crippen LogP contribution in [0.4, 0.5) is 0 Å². The summed E-state index contributed by atoms with van der Waals surface area (Å²) in [7, 11) is 0. The lowest BCUT2D eigenvalue weighted by molar-refractivity contribution is -0.119. The first-order valence-corrected chi connectivity index (χ1v) is 8.73. The van der Waals surface area contributed by atoms with Gasteiger partial charge in [0.1, 0.15) is 0 Å². The Morgan fingerprint density at radius 3 is 2.36 bits per heavy atom. The first-order chi connectivity index (χ1) is 12.1. The Balaban J connectivity index is 1.88. The summed E-state index contributed by atoms with van der Waals surface area (Å²) in [6, 6.07) is 16.0. The Bertz CT molecular complexity index is 767. The van der Waals surface area contributed by atoms with E-state index in [9.17, 15) is 9.59 Å². The average Bonchev–Trinajstić information content (AvgIpc) is 2.62. The molecule has 0 bridgehead atoms. The van der Waals surface area contributed by atoms with Crippen LogP contribution in [0.25, 0.3) is 0 Å². The molecule has 0 unspecified atom stereocenters. The van der Waals surface area contributed by atoms with E-state index in [1.54, 1.807) is 13.8 Å². The van der Waals surface area contributed by atoms with Crippen molar-refractivity contribution in [2.75, 3.05) is 6.61 Å². The summed E-state index contributed by atoms with van der Waals surface area (Å²) in [6.07, 6.45) is 1.86. The minimum absolute atomic E-state index is 0.00274. The molecule has 2 aromatic rings. The molecule has 0 aliphatic heterocycles. The zero-order chi connectivity index (χ0) is 17.8. The standard InChI is InChI=1S/C21H23NO3/c1-3-25-21(24)16-10-8-15(9-11-16)17-12-13-20(22-14(2)23)19-7-5-4-6-18(17)19/h4-11,17,20H,3,12-13H2,1-2H3,(H,22,23)/t17-,20-/m1/s1. The van der Waals surface area contributed by atoms with Crippen LogP contribution in [0, 0.1) is 0 Å². The third kappa shape index (κ3) is 3.73. The summed E-state index contributed by atoms with van der Waals surface area (Å²) in [4.78, 5) is 23.3. The maximum atomic E-state index is 11.8. The van der Waals surface area contributed by atoms with E-state index >= 15 is 0 Å². The number of hydrogen-bond acceptors (Lipinski definition) is 3. The Morgan fingerprint density at radius 1 is 1.04 bits per heavy atom. The van der Waals surface area contributed by atoms with Crippen LogP contribution >= 0.6 is 0 Å². The van der Waals surface area contributed by atoms with Gasteiger partial charge in [-0.3, -0.25) is 4.79 Å². The van der Waals surface area contributed by atoms with Crippen LogP contribution in [0.5, 0.6) is 0 Å². The van der Waals surface area contributed by atoms with Gasteiger partial charge in [0.05, 0.1) is 18.2 Å². The van der Waals surface area contributed by atoms with Crippen LogP contribution in [0.2, 0.25) is 0 Å². The van der Waals surface area contributed by atoms with Crippen molar-refractivity contribution in [3.8, 4) is 0 Å². The third-order valence-corrected chi connectivity index (χ3v) is 4.69. The fraction of sp³-hybridized carbons (Fsp3) is 0.333. The van der Waals surface area contributed by atoms with Crippen molar-refractivity contribution in [1.29, 1.82) is 0 Å². The number of esters is 1. The van der Waals surface area contributed by atoms with Gasteiger partial charge in [0, 0.05) is 12.8 Å². The van der Waals surface area contributed by atoms with E-state index in [0.717, 1.165) is 12.8 Å². The Kier molecular flexibility index (Phi) is 5.17. The topological polar surface area (TPSA) is 55.4 Å². The highest BCUT2D eigenvalue weighted by Crippen LogP contribution is 2.41. The Labute approximate surface area is 148 Å². The molecule has 4 nitrogen and oxygen atoms in total. The smallest absolute Gasteiger partial charge is 0.338 e. The summed E-state index contributed by atoms with van der Waals surface area (Å²) in [6.45, 7) is 3.74. The van der Waals surface area contributed by atoms with Crippen molar-refractivity contribution >= 4 is 11.9 Å². The van der Waals surface area contributed by atoms with E-state index in [1.807, 2.05) is 36.4 Å². The van der Waals surface area contributed by atoms with E-state index in [-0.39, 0.29) is 23.8 Å². The molecule has 0 saturated carbocycles. The van der Waals surface area contributed by atoms with Crippen LogP contribution in [0.3, 0.4) is 0 Å². The molecular weight excluding hydrogens is 314 g/mol. The molecule has 0 radical (unpaired) electrons. The van der Waals surface area contributed by atoms with Crippen LogP contribution in [0.15, 0.2) is 48.5 Å². The van der Waals surface area contributed by atoms with Crippen molar-refractivity contribution in [3.63, 3.8) is 0 Å². The lowest BCUT2D eigenvalue weighted by atomic mass is 9.76. The SMILES string of the molecule is CCOC(=O)c1ccc([C@H]2CC[C@@H](NC(C)=O)c3ccccc32)cc1. The third-order valence-electron chi connectivity index (χ3n) is 4.69. The summed E-state index contributed by atoms with van der Waals surface area (Å²) in [5, 5.41) is 3.05. The van der Waals surface area contributed by atoms with Gasteiger partial charge in [-0.2, -0.15) is 0 Å². The summed E-state index contributed by atoms with van der Waals surface area (Å²) < 4.78 is 5.04. The molecule has 0 aromatic heterocycles. The quantitative estimate of drug-likeness (QED) is 0.859. The second kappa shape index (κ2) is 7.51. The molecular formula is C21H23NO3. The van der Waals surface area contributed by atoms with Crippen molar-refractivity contribution in [2.24, 2.45) is 0 Å². The molecule has 3 rings (SSSR count). The maximum Gasteiger partial charge on any atom is 0.338 e. The fourth-order valence-corrected chi connectivity index (χ4v) is 3.60. The molecule has 2 atom stereocenters. The van der Waals surface area contributed by atoms with Crippen molar-refractivity contribution in [2.45, 2.75) is 38.6 Å². The van der Waals surface area contributed by atoms with Gasteiger partial charge in [-0.05, 0) is 48.6 Å². The van der Waals surface area contributed by atoms with Crippen LogP contribution in [-0.4, -0.2) is 18.5 Å². The van der Waals surface area contributed by atoms with Gasteiger partial charge < -0.3 is 10.1 Å². The van der Waals surface area contributed by atoms with Gasteiger partial charge in [0.25, 0.3) is 0 Å². The van der Waals surface area contributed by atoms with E-state index in [2.05, 4.69) is 17.4 Å². The molecule has 1 aliphatic carbocycles. The number of carbonyl (C=O) groups excluding carboxylic acids is 2. The van der Waals surface area contributed by atoms with E-state index in [1.165, 1.54) is 16.7 Å². The van der Waals surface area contributed by atoms with E-state index < -0.39 is 0 Å². The highest BCUT2D eigenvalue weighted by Gasteiger charge is 2.28. The second-order valence-corrected chi connectivity index (χ2v) is 6.35.